The van der Waals surface area contributed by atoms with Gasteiger partial charge in [-0.15, -0.1) is 0 Å². The lowest BCUT2D eigenvalue weighted by atomic mass is 9.90. The highest BCUT2D eigenvalue weighted by molar-refractivity contribution is 5.80. The van der Waals surface area contributed by atoms with Crippen LogP contribution in [0.4, 0.5) is 5.69 Å². The number of aliphatic hydroxyl groups excluding tert-OH is 1. The summed E-state index contributed by atoms with van der Waals surface area (Å²) in [6, 6.07) is 6.37. The summed E-state index contributed by atoms with van der Waals surface area (Å²) in [6.07, 6.45) is 2.97. The molecule has 2 rings (SSSR count). The van der Waals surface area contributed by atoms with Crippen LogP contribution in [0.5, 0.6) is 0 Å². The van der Waals surface area contributed by atoms with Crippen LogP contribution in [0.1, 0.15) is 31.9 Å². The Bertz CT molecular complexity index is 432. The molecule has 0 saturated carbocycles. The van der Waals surface area contributed by atoms with Gasteiger partial charge >= 0.3 is 0 Å². The van der Waals surface area contributed by atoms with Crippen LogP contribution in [0.25, 0.3) is 5.57 Å². The zero-order valence-electron chi connectivity index (χ0n) is 10.2. The van der Waals surface area contributed by atoms with Gasteiger partial charge in [-0.2, -0.15) is 0 Å². The fourth-order valence-corrected chi connectivity index (χ4v) is 2.33. The molecule has 1 aliphatic rings. The first kappa shape index (κ1) is 11.2. The van der Waals surface area contributed by atoms with Gasteiger partial charge in [-0.05, 0) is 44.4 Å². The van der Waals surface area contributed by atoms with Gasteiger partial charge in [-0.3, -0.25) is 0 Å². The Morgan fingerprint density at radius 3 is 2.75 bits per heavy atom. The molecule has 0 aliphatic carbocycles. The van der Waals surface area contributed by atoms with Crippen molar-refractivity contribution in [2.45, 2.75) is 32.7 Å². The molecule has 0 aromatic heterocycles. The molecule has 0 unspecified atom stereocenters. The van der Waals surface area contributed by atoms with Crippen LogP contribution in [-0.2, 0) is 6.42 Å². The third-order valence-corrected chi connectivity index (χ3v) is 2.94. The Kier molecular flexibility index (Phi) is 2.76. The highest BCUT2D eigenvalue weighted by Crippen LogP contribution is 2.33. The Morgan fingerprint density at radius 1 is 1.31 bits per heavy atom. The number of aliphatic hydroxyl groups is 1. The Hall–Kier alpha value is -1.28. The highest BCUT2D eigenvalue weighted by Gasteiger charge is 2.22. The van der Waals surface area contributed by atoms with Gasteiger partial charge in [0, 0.05) is 17.9 Å². The highest BCUT2D eigenvalue weighted by atomic mass is 16.2. The second kappa shape index (κ2) is 3.95. The second-order valence-corrected chi connectivity index (χ2v) is 5.03. The molecule has 0 atom stereocenters. The van der Waals surface area contributed by atoms with Crippen molar-refractivity contribution in [3.05, 3.63) is 35.4 Å². The van der Waals surface area contributed by atoms with Gasteiger partial charge in [-0.25, -0.2) is 0 Å². The minimum absolute atomic E-state index is 0.00885. The maximum Gasteiger partial charge on any atom is 0.0505 e. The number of rotatable bonds is 2. The zero-order valence-corrected chi connectivity index (χ0v) is 10.2. The molecule has 2 N–H and O–H groups in total. The average molecular weight is 217 g/mol. The lowest BCUT2D eigenvalue weighted by Gasteiger charge is -2.31. The monoisotopic (exact) mass is 217 g/mol. The molecule has 1 aromatic carbocycles. The maximum absolute atomic E-state index is 8.95. The zero-order chi connectivity index (χ0) is 11.8. The van der Waals surface area contributed by atoms with Gasteiger partial charge in [0.2, 0.25) is 0 Å². The summed E-state index contributed by atoms with van der Waals surface area (Å²) in [7, 11) is 0. The first-order chi connectivity index (χ1) is 7.52. The van der Waals surface area contributed by atoms with Gasteiger partial charge in [0.1, 0.15) is 0 Å². The van der Waals surface area contributed by atoms with Gasteiger partial charge in [0.15, 0.2) is 0 Å². The lowest BCUT2D eigenvalue weighted by Crippen LogP contribution is -2.31. The number of nitrogens with one attached hydrogen (secondary N) is 1. The predicted octanol–water partition coefficient (Wildman–Crippen LogP) is 2.83. The second-order valence-electron chi connectivity index (χ2n) is 5.03. The van der Waals surface area contributed by atoms with E-state index in [1.54, 1.807) is 0 Å². The van der Waals surface area contributed by atoms with E-state index in [0.29, 0.717) is 0 Å². The van der Waals surface area contributed by atoms with Crippen LogP contribution in [0.15, 0.2) is 24.3 Å². The van der Waals surface area contributed by atoms with Crippen LogP contribution < -0.4 is 5.32 Å². The first-order valence-corrected chi connectivity index (χ1v) is 5.74. The summed E-state index contributed by atoms with van der Waals surface area (Å²) < 4.78 is 0. The summed E-state index contributed by atoms with van der Waals surface area (Å²) in [5, 5.41) is 12.5. The molecule has 1 aliphatic heterocycles. The van der Waals surface area contributed by atoms with Crippen molar-refractivity contribution in [1.82, 2.24) is 0 Å². The predicted molar refractivity (Wildman–Crippen MR) is 68.6 cm³/mol. The third kappa shape index (κ3) is 2.12. The summed E-state index contributed by atoms with van der Waals surface area (Å²) in [4.78, 5) is 0. The summed E-state index contributed by atoms with van der Waals surface area (Å²) in [5.74, 6) is 0. The van der Waals surface area contributed by atoms with Crippen LogP contribution in [-0.4, -0.2) is 17.3 Å². The van der Waals surface area contributed by atoms with Crippen molar-refractivity contribution in [3.63, 3.8) is 0 Å². The number of hydrogen-bond donors (Lipinski definition) is 2. The standard InChI is InChI=1S/C14H19NO/c1-10-9-14(2,3)15-13-8-11(6-7-16)4-5-12(10)13/h4-5,8-9,15-16H,6-7H2,1-3H3. The summed E-state index contributed by atoms with van der Waals surface area (Å²) >= 11 is 0. The summed E-state index contributed by atoms with van der Waals surface area (Å²) in [6.45, 7) is 6.68. The molecule has 1 heterocycles. The van der Waals surface area contributed by atoms with E-state index >= 15 is 0 Å². The van der Waals surface area contributed by atoms with Crippen molar-refractivity contribution >= 4 is 11.3 Å². The smallest absolute Gasteiger partial charge is 0.0505 e. The fourth-order valence-electron chi connectivity index (χ4n) is 2.33. The normalized spacial score (nSPS) is 17.4. The molecule has 1 aromatic rings. The molecule has 0 radical (unpaired) electrons. The molecule has 16 heavy (non-hydrogen) atoms. The number of allylic oxidation sites excluding steroid dienone is 1. The van der Waals surface area contributed by atoms with E-state index in [0.717, 1.165) is 6.42 Å². The Balaban J connectivity index is 2.41. The van der Waals surface area contributed by atoms with Gasteiger partial charge in [0.25, 0.3) is 0 Å². The van der Waals surface area contributed by atoms with E-state index in [-0.39, 0.29) is 12.1 Å². The largest absolute Gasteiger partial charge is 0.396 e. The van der Waals surface area contributed by atoms with Crippen molar-refractivity contribution in [2.75, 3.05) is 11.9 Å². The van der Waals surface area contributed by atoms with Crippen molar-refractivity contribution in [1.29, 1.82) is 0 Å². The molecule has 0 amide bonds. The Labute approximate surface area is 97.0 Å². The molecular weight excluding hydrogens is 198 g/mol. The number of fused-ring (bicyclic) bond motifs is 1. The van der Waals surface area contributed by atoms with Crippen LogP contribution >= 0.6 is 0 Å². The van der Waals surface area contributed by atoms with Gasteiger partial charge in [-0.1, -0.05) is 18.2 Å². The van der Waals surface area contributed by atoms with E-state index < -0.39 is 0 Å². The quantitative estimate of drug-likeness (QED) is 0.798. The number of benzene rings is 1. The average Bonchev–Trinajstić information content (AvgIpc) is 2.15. The van der Waals surface area contributed by atoms with E-state index in [4.69, 9.17) is 5.11 Å². The molecule has 0 spiro atoms. The minimum Gasteiger partial charge on any atom is -0.396 e. The van der Waals surface area contributed by atoms with Crippen LogP contribution in [0.2, 0.25) is 0 Å². The molecular formula is C14H19NO. The third-order valence-electron chi connectivity index (χ3n) is 2.94. The Morgan fingerprint density at radius 2 is 2.06 bits per heavy atom. The van der Waals surface area contributed by atoms with Gasteiger partial charge in [0.05, 0.1) is 5.54 Å². The minimum atomic E-state index is 0.00885. The fraction of sp³-hybridized carbons (Fsp3) is 0.429. The van der Waals surface area contributed by atoms with Gasteiger partial charge < -0.3 is 10.4 Å². The van der Waals surface area contributed by atoms with E-state index in [9.17, 15) is 0 Å². The molecule has 0 saturated heterocycles. The van der Waals surface area contributed by atoms with E-state index in [1.165, 1.54) is 22.4 Å². The van der Waals surface area contributed by atoms with Crippen molar-refractivity contribution in [3.8, 4) is 0 Å². The summed E-state index contributed by atoms with van der Waals surface area (Å²) in [5.41, 5.74) is 4.94. The number of anilines is 1. The molecule has 86 valence electrons. The van der Waals surface area contributed by atoms with Crippen molar-refractivity contribution < 1.29 is 5.11 Å². The molecule has 0 bridgehead atoms. The van der Waals surface area contributed by atoms with E-state index in [2.05, 4.69) is 50.4 Å². The lowest BCUT2D eigenvalue weighted by molar-refractivity contribution is 0.299. The van der Waals surface area contributed by atoms with E-state index in [1.807, 2.05) is 0 Å². The SMILES string of the molecule is CC1=CC(C)(C)Nc2cc(CCO)ccc21. The van der Waals surface area contributed by atoms with Crippen LogP contribution in [0.3, 0.4) is 0 Å². The number of hydrogen-bond acceptors (Lipinski definition) is 2. The molecule has 2 heteroatoms. The van der Waals surface area contributed by atoms with Crippen LogP contribution in [0, 0.1) is 0 Å². The first-order valence-electron chi connectivity index (χ1n) is 5.74. The topological polar surface area (TPSA) is 32.3 Å². The van der Waals surface area contributed by atoms with Crippen molar-refractivity contribution in [2.24, 2.45) is 0 Å². The molecule has 2 nitrogen and oxygen atoms in total. The molecule has 0 fully saturated rings. The maximum atomic E-state index is 8.95.